The number of aliphatic hydroxyl groups excluding tert-OH is 2. The van der Waals surface area contributed by atoms with Gasteiger partial charge >= 0.3 is 5.97 Å². The topological polar surface area (TPSA) is 95.9 Å². The molecule has 6 nitrogen and oxygen atoms in total. The Morgan fingerprint density at radius 2 is 0.566 bits per heavy atom. The number of carbonyl (C=O) groups excluding carboxylic acids is 2. The molecule has 2 atom stereocenters. The molecule has 0 saturated carbocycles. The highest BCUT2D eigenvalue weighted by atomic mass is 16.5. The molecule has 2 unspecified atom stereocenters. The molecule has 0 heterocycles. The monoisotopic (exact) mass is 1170 g/mol. The quantitative estimate of drug-likeness (QED) is 0.0320. The van der Waals surface area contributed by atoms with E-state index in [9.17, 15) is 19.8 Å². The van der Waals surface area contributed by atoms with E-state index in [0.717, 1.165) is 44.9 Å². The Morgan fingerprint density at radius 3 is 0.855 bits per heavy atom. The summed E-state index contributed by atoms with van der Waals surface area (Å²) in [4.78, 5) is 24.7. The molecule has 0 aliphatic rings. The van der Waals surface area contributed by atoms with E-state index in [1.807, 2.05) is 0 Å². The number of amides is 1. The van der Waals surface area contributed by atoms with Crippen LogP contribution in [0, 0.1) is 0 Å². The molecule has 1 amide bonds. The van der Waals surface area contributed by atoms with Crippen molar-refractivity contribution in [1.29, 1.82) is 0 Å². The summed E-state index contributed by atoms with van der Waals surface area (Å²) in [5.41, 5.74) is 0. The number of hydrogen-bond donors (Lipinski definition) is 3. The van der Waals surface area contributed by atoms with Crippen molar-refractivity contribution in [3.8, 4) is 0 Å². The summed E-state index contributed by atoms with van der Waals surface area (Å²) in [7, 11) is 0. The minimum Gasteiger partial charge on any atom is -0.466 e. The van der Waals surface area contributed by atoms with Gasteiger partial charge in [0, 0.05) is 12.8 Å². The van der Waals surface area contributed by atoms with Crippen molar-refractivity contribution in [2.75, 3.05) is 13.2 Å². The lowest BCUT2D eigenvalue weighted by atomic mass is 10.0. The van der Waals surface area contributed by atoms with Crippen LogP contribution >= 0.6 is 0 Å². The molecule has 0 bridgehead atoms. The largest absolute Gasteiger partial charge is 0.466 e. The Hall–Kier alpha value is -1.66. The minimum atomic E-state index is -0.670. The normalized spacial score (nSPS) is 12.6. The van der Waals surface area contributed by atoms with Gasteiger partial charge in [0.05, 0.1) is 25.4 Å². The number of hydrogen-bond acceptors (Lipinski definition) is 5. The second-order valence-electron chi connectivity index (χ2n) is 26.3. The second kappa shape index (κ2) is 72.8. The van der Waals surface area contributed by atoms with Crippen molar-refractivity contribution in [2.45, 2.75) is 443 Å². The zero-order valence-electron chi connectivity index (χ0n) is 56.5. The van der Waals surface area contributed by atoms with E-state index in [0.29, 0.717) is 25.9 Å². The third kappa shape index (κ3) is 69.3. The van der Waals surface area contributed by atoms with Crippen molar-refractivity contribution in [2.24, 2.45) is 0 Å². The lowest BCUT2D eigenvalue weighted by Gasteiger charge is -2.22. The highest BCUT2D eigenvalue weighted by Gasteiger charge is 2.20. The summed E-state index contributed by atoms with van der Waals surface area (Å²) in [6, 6.07) is -0.548. The predicted molar refractivity (Wildman–Crippen MR) is 366 cm³/mol. The summed E-state index contributed by atoms with van der Waals surface area (Å²) in [5.74, 6) is -0.0262. The molecule has 0 aromatic carbocycles. The maximum Gasteiger partial charge on any atom is 0.305 e. The first kappa shape index (κ1) is 81.3. The van der Waals surface area contributed by atoms with Crippen molar-refractivity contribution >= 4 is 11.9 Å². The van der Waals surface area contributed by atoms with Crippen LogP contribution in [-0.2, 0) is 14.3 Å². The Balaban J connectivity index is 3.40. The smallest absolute Gasteiger partial charge is 0.305 e. The molecule has 0 rings (SSSR count). The summed E-state index contributed by atoms with van der Waals surface area (Å²) < 4.78 is 5.51. The van der Waals surface area contributed by atoms with Crippen LogP contribution in [0.3, 0.4) is 0 Å². The van der Waals surface area contributed by atoms with Crippen molar-refractivity contribution in [3.63, 3.8) is 0 Å². The standard InChI is InChI=1S/C77H149NO5/c1-3-5-7-9-11-13-15-17-19-21-23-24-25-26-28-31-34-37-41-45-49-53-57-61-65-69-75(80)74(73-79)78-76(81)70-66-62-58-54-50-46-42-38-35-32-29-27-30-33-36-40-44-48-52-56-60-64-68-72-83-77(82)71-67-63-59-55-51-47-43-39-22-20-18-16-14-12-10-8-6-4-2/h20,22,32,35,74-75,79-80H,3-19,21,23-31,33-34,36-73H2,1-2H3,(H,78,81)/b22-20-,35-32-. The number of ether oxygens (including phenoxy) is 1. The number of rotatable bonds is 72. The molecule has 3 N–H and O–H groups in total. The SMILES string of the molecule is CCCCCCCCC/C=C\CCCCCCCCCC(=O)OCCCCCCCCCCCCCC/C=C\CCCCCCCCCC(=O)NC(CO)C(O)CCCCCCCCCCCCCCCCCCCCCCCCCCC. The highest BCUT2D eigenvalue weighted by Crippen LogP contribution is 2.19. The van der Waals surface area contributed by atoms with Gasteiger partial charge in [0.1, 0.15) is 0 Å². The number of esters is 1. The van der Waals surface area contributed by atoms with Crippen LogP contribution in [0.25, 0.3) is 0 Å². The van der Waals surface area contributed by atoms with Gasteiger partial charge in [-0.2, -0.15) is 0 Å². The van der Waals surface area contributed by atoms with Gasteiger partial charge < -0.3 is 20.3 Å². The van der Waals surface area contributed by atoms with Gasteiger partial charge in [0.25, 0.3) is 0 Å². The molecular formula is C77H149NO5. The first-order valence-electron chi connectivity index (χ1n) is 38.1. The van der Waals surface area contributed by atoms with Gasteiger partial charge in [0.15, 0.2) is 0 Å². The zero-order valence-corrected chi connectivity index (χ0v) is 56.5. The molecule has 492 valence electrons. The van der Waals surface area contributed by atoms with Crippen LogP contribution in [-0.4, -0.2) is 47.4 Å². The molecule has 0 spiro atoms. The molecule has 0 fully saturated rings. The van der Waals surface area contributed by atoms with Crippen LogP contribution in [0.5, 0.6) is 0 Å². The van der Waals surface area contributed by atoms with Gasteiger partial charge in [-0.3, -0.25) is 9.59 Å². The number of unbranched alkanes of at least 4 members (excludes halogenated alkanes) is 57. The second-order valence-corrected chi connectivity index (χ2v) is 26.3. The van der Waals surface area contributed by atoms with Crippen molar-refractivity contribution in [1.82, 2.24) is 5.32 Å². The van der Waals surface area contributed by atoms with E-state index >= 15 is 0 Å². The molecule has 0 radical (unpaired) electrons. The lowest BCUT2D eigenvalue weighted by molar-refractivity contribution is -0.143. The van der Waals surface area contributed by atoms with Gasteiger partial charge in [-0.1, -0.05) is 366 Å². The number of nitrogens with one attached hydrogen (secondary N) is 1. The third-order valence-electron chi connectivity index (χ3n) is 18.0. The van der Waals surface area contributed by atoms with Crippen LogP contribution in [0.4, 0.5) is 0 Å². The van der Waals surface area contributed by atoms with Gasteiger partial charge in [-0.25, -0.2) is 0 Å². The Labute approximate surface area is 520 Å². The fraction of sp³-hybridized carbons (Fsp3) is 0.922. The number of allylic oxidation sites excluding steroid dienone is 4. The fourth-order valence-corrected chi connectivity index (χ4v) is 12.2. The minimum absolute atomic E-state index is 0.00988. The van der Waals surface area contributed by atoms with Gasteiger partial charge in [-0.05, 0) is 77.0 Å². The Kier molecular flexibility index (Phi) is 71.4. The number of carbonyl (C=O) groups is 2. The van der Waals surface area contributed by atoms with Crippen LogP contribution in [0.15, 0.2) is 24.3 Å². The average molecular weight is 1170 g/mol. The maximum atomic E-state index is 12.6. The summed E-state index contributed by atoms with van der Waals surface area (Å²) >= 11 is 0. The fourth-order valence-electron chi connectivity index (χ4n) is 12.2. The van der Waals surface area contributed by atoms with E-state index in [-0.39, 0.29) is 18.5 Å². The van der Waals surface area contributed by atoms with E-state index < -0.39 is 12.1 Å². The van der Waals surface area contributed by atoms with Crippen LogP contribution < -0.4 is 5.32 Å². The first-order valence-corrected chi connectivity index (χ1v) is 38.1. The molecule has 83 heavy (non-hydrogen) atoms. The molecule has 0 aromatic rings. The van der Waals surface area contributed by atoms with E-state index in [2.05, 4.69) is 43.5 Å². The molecule has 0 saturated heterocycles. The summed E-state index contributed by atoms with van der Waals surface area (Å²) in [6.07, 6.45) is 92.4. The Bertz CT molecular complexity index is 1300. The predicted octanol–water partition coefficient (Wildman–Crippen LogP) is 24.9. The van der Waals surface area contributed by atoms with E-state index in [1.54, 1.807) is 0 Å². The summed E-state index contributed by atoms with van der Waals surface area (Å²) in [6.45, 7) is 4.99. The average Bonchev–Trinajstić information content (AvgIpc) is 3.49. The van der Waals surface area contributed by atoms with E-state index in [4.69, 9.17) is 4.74 Å². The van der Waals surface area contributed by atoms with Crippen molar-refractivity contribution in [3.05, 3.63) is 24.3 Å². The molecule has 0 aliphatic heterocycles. The van der Waals surface area contributed by atoms with Crippen LogP contribution in [0.1, 0.15) is 431 Å². The third-order valence-corrected chi connectivity index (χ3v) is 18.0. The highest BCUT2D eigenvalue weighted by molar-refractivity contribution is 5.76. The molecular weight excluding hydrogens is 1020 g/mol. The molecule has 6 heteroatoms. The van der Waals surface area contributed by atoms with Gasteiger partial charge in [0.2, 0.25) is 5.91 Å². The van der Waals surface area contributed by atoms with Gasteiger partial charge in [-0.15, -0.1) is 0 Å². The lowest BCUT2D eigenvalue weighted by Crippen LogP contribution is -2.45. The first-order chi connectivity index (χ1) is 41.0. The van der Waals surface area contributed by atoms with Crippen molar-refractivity contribution < 1.29 is 24.5 Å². The number of aliphatic hydroxyl groups is 2. The van der Waals surface area contributed by atoms with E-state index in [1.165, 1.54) is 353 Å². The Morgan fingerprint density at radius 1 is 0.325 bits per heavy atom. The zero-order chi connectivity index (χ0) is 59.9. The molecule has 0 aromatic heterocycles. The maximum absolute atomic E-state index is 12.6. The summed E-state index contributed by atoms with van der Waals surface area (Å²) in [5, 5.41) is 23.5. The van der Waals surface area contributed by atoms with Crippen LogP contribution in [0.2, 0.25) is 0 Å². The molecule has 0 aliphatic carbocycles.